The fraction of sp³-hybridized carbons (Fsp3) is 0.909. The summed E-state index contributed by atoms with van der Waals surface area (Å²) in [6.07, 6.45) is 2.55. The number of amides is 1. The number of nitrogens with one attached hydrogen (secondary N) is 2. The van der Waals surface area contributed by atoms with Crippen LogP contribution in [-0.4, -0.2) is 38.8 Å². The minimum Gasteiger partial charge on any atom is -0.383 e. The van der Waals surface area contributed by atoms with Gasteiger partial charge in [0, 0.05) is 20.2 Å². The normalized spacial score (nSPS) is 19.7. The van der Waals surface area contributed by atoms with Gasteiger partial charge in [0.05, 0.1) is 12.6 Å². The van der Waals surface area contributed by atoms with Crippen LogP contribution >= 0.6 is 0 Å². The lowest BCUT2D eigenvalue weighted by atomic mass is 10.1. The van der Waals surface area contributed by atoms with Crippen molar-refractivity contribution in [2.75, 3.05) is 26.8 Å². The van der Waals surface area contributed by atoms with Crippen molar-refractivity contribution in [3.63, 3.8) is 0 Å². The zero-order valence-electron chi connectivity index (χ0n) is 9.93. The second kappa shape index (κ2) is 5.47. The minimum atomic E-state index is -0.112. The van der Waals surface area contributed by atoms with Crippen LogP contribution in [0.2, 0.25) is 0 Å². The summed E-state index contributed by atoms with van der Waals surface area (Å²) in [6, 6.07) is -0.112. The molecule has 1 unspecified atom stereocenters. The van der Waals surface area contributed by atoms with Gasteiger partial charge in [0.25, 0.3) is 0 Å². The van der Waals surface area contributed by atoms with Crippen molar-refractivity contribution in [2.45, 2.75) is 32.7 Å². The summed E-state index contributed by atoms with van der Waals surface area (Å²) in [5.74, 6) is 0.0521. The van der Waals surface area contributed by atoms with Gasteiger partial charge in [0.15, 0.2) is 0 Å². The third-order valence-corrected chi connectivity index (χ3v) is 2.94. The van der Waals surface area contributed by atoms with Crippen LogP contribution in [0.25, 0.3) is 0 Å². The van der Waals surface area contributed by atoms with Crippen molar-refractivity contribution in [2.24, 2.45) is 5.41 Å². The van der Waals surface area contributed by atoms with E-state index in [4.69, 9.17) is 4.74 Å². The van der Waals surface area contributed by atoms with E-state index in [1.807, 2.05) is 6.92 Å². The number of methoxy groups -OCH3 is 1. The summed E-state index contributed by atoms with van der Waals surface area (Å²) in [6.45, 7) is 6.23. The fourth-order valence-electron chi connectivity index (χ4n) is 1.31. The SMILES string of the molecule is COCCNC(=O)C(C)NCC1(C)CC1. The summed E-state index contributed by atoms with van der Waals surface area (Å²) in [5.41, 5.74) is 0.446. The molecular weight excluding hydrogens is 192 g/mol. The highest BCUT2D eigenvalue weighted by molar-refractivity contribution is 5.81. The van der Waals surface area contributed by atoms with E-state index in [0.717, 1.165) is 6.54 Å². The van der Waals surface area contributed by atoms with Crippen LogP contribution in [-0.2, 0) is 9.53 Å². The summed E-state index contributed by atoms with van der Waals surface area (Å²) < 4.78 is 4.86. The van der Waals surface area contributed by atoms with E-state index in [1.54, 1.807) is 7.11 Å². The first kappa shape index (κ1) is 12.5. The number of ether oxygens (including phenoxy) is 1. The van der Waals surface area contributed by atoms with Gasteiger partial charge < -0.3 is 15.4 Å². The van der Waals surface area contributed by atoms with E-state index < -0.39 is 0 Å². The highest BCUT2D eigenvalue weighted by Gasteiger charge is 2.37. The van der Waals surface area contributed by atoms with E-state index in [0.29, 0.717) is 18.6 Å². The van der Waals surface area contributed by atoms with Gasteiger partial charge in [-0.15, -0.1) is 0 Å². The average Bonchev–Trinajstić information content (AvgIpc) is 2.94. The summed E-state index contributed by atoms with van der Waals surface area (Å²) in [5, 5.41) is 6.07. The first-order valence-corrected chi connectivity index (χ1v) is 5.57. The Morgan fingerprint density at radius 2 is 2.20 bits per heavy atom. The molecule has 1 fully saturated rings. The van der Waals surface area contributed by atoms with E-state index in [9.17, 15) is 4.79 Å². The number of hydrogen-bond donors (Lipinski definition) is 2. The number of rotatable bonds is 7. The molecule has 15 heavy (non-hydrogen) atoms. The van der Waals surface area contributed by atoms with Crippen LogP contribution in [0.5, 0.6) is 0 Å². The van der Waals surface area contributed by atoms with Gasteiger partial charge in [-0.1, -0.05) is 6.92 Å². The minimum absolute atomic E-state index is 0.0521. The third kappa shape index (κ3) is 4.62. The zero-order valence-corrected chi connectivity index (χ0v) is 9.93. The van der Waals surface area contributed by atoms with E-state index >= 15 is 0 Å². The lowest BCUT2D eigenvalue weighted by Crippen LogP contribution is -2.44. The average molecular weight is 214 g/mol. The maximum absolute atomic E-state index is 11.5. The van der Waals surface area contributed by atoms with Crippen LogP contribution in [0.4, 0.5) is 0 Å². The topological polar surface area (TPSA) is 50.4 Å². The van der Waals surface area contributed by atoms with Crippen molar-refractivity contribution in [1.82, 2.24) is 10.6 Å². The maximum atomic E-state index is 11.5. The van der Waals surface area contributed by atoms with Gasteiger partial charge in [0.1, 0.15) is 0 Å². The predicted molar refractivity (Wildman–Crippen MR) is 59.7 cm³/mol. The lowest BCUT2D eigenvalue weighted by molar-refractivity contribution is -0.123. The molecule has 0 radical (unpaired) electrons. The summed E-state index contributed by atoms with van der Waals surface area (Å²) in [7, 11) is 1.63. The molecule has 0 heterocycles. The Kier molecular flexibility index (Phi) is 4.54. The molecule has 1 atom stereocenters. The van der Waals surface area contributed by atoms with Crippen LogP contribution in [0.1, 0.15) is 26.7 Å². The van der Waals surface area contributed by atoms with Crippen molar-refractivity contribution in [3.8, 4) is 0 Å². The molecule has 1 amide bonds. The molecule has 1 aliphatic carbocycles. The first-order valence-electron chi connectivity index (χ1n) is 5.57. The largest absolute Gasteiger partial charge is 0.383 e. The number of carbonyl (C=O) groups is 1. The molecule has 88 valence electrons. The molecule has 1 aliphatic rings. The Balaban J connectivity index is 2.09. The highest BCUT2D eigenvalue weighted by atomic mass is 16.5. The maximum Gasteiger partial charge on any atom is 0.236 e. The second-order valence-electron chi connectivity index (χ2n) is 4.70. The van der Waals surface area contributed by atoms with E-state index in [1.165, 1.54) is 12.8 Å². The molecule has 2 N–H and O–H groups in total. The van der Waals surface area contributed by atoms with Crippen LogP contribution in [0.3, 0.4) is 0 Å². The number of carbonyl (C=O) groups excluding carboxylic acids is 1. The summed E-state index contributed by atoms with van der Waals surface area (Å²) >= 11 is 0. The molecule has 0 bridgehead atoms. The van der Waals surface area contributed by atoms with E-state index in [-0.39, 0.29) is 11.9 Å². The molecule has 0 spiro atoms. The second-order valence-corrected chi connectivity index (χ2v) is 4.70. The Morgan fingerprint density at radius 3 is 2.73 bits per heavy atom. The third-order valence-electron chi connectivity index (χ3n) is 2.94. The van der Waals surface area contributed by atoms with Gasteiger partial charge in [-0.3, -0.25) is 4.79 Å². The molecule has 4 nitrogen and oxygen atoms in total. The zero-order chi connectivity index (χ0) is 11.3. The highest BCUT2D eigenvalue weighted by Crippen LogP contribution is 2.44. The lowest BCUT2D eigenvalue weighted by Gasteiger charge is -2.16. The van der Waals surface area contributed by atoms with Gasteiger partial charge in [-0.05, 0) is 25.2 Å². The van der Waals surface area contributed by atoms with Crippen LogP contribution in [0, 0.1) is 5.41 Å². The molecule has 1 saturated carbocycles. The Bertz CT molecular complexity index is 215. The summed E-state index contributed by atoms with van der Waals surface area (Å²) in [4.78, 5) is 11.5. The molecule has 0 aliphatic heterocycles. The van der Waals surface area contributed by atoms with Crippen LogP contribution in [0.15, 0.2) is 0 Å². The van der Waals surface area contributed by atoms with Crippen LogP contribution < -0.4 is 10.6 Å². The van der Waals surface area contributed by atoms with Gasteiger partial charge in [-0.2, -0.15) is 0 Å². The molecule has 4 heteroatoms. The molecular formula is C11H22N2O2. The molecule has 0 aromatic heterocycles. The predicted octanol–water partition coefficient (Wildman–Crippen LogP) is 0.527. The molecule has 1 rings (SSSR count). The molecule has 0 aromatic carbocycles. The Morgan fingerprint density at radius 1 is 1.53 bits per heavy atom. The van der Waals surface area contributed by atoms with Crippen molar-refractivity contribution in [1.29, 1.82) is 0 Å². The molecule has 0 aromatic rings. The Hall–Kier alpha value is -0.610. The van der Waals surface area contributed by atoms with Gasteiger partial charge >= 0.3 is 0 Å². The monoisotopic (exact) mass is 214 g/mol. The van der Waals surface area contributed by atoms with Crippen molar-refractivity contribution in [3.05, 3.63) is 0 Å². The van der Waals surface area contributed by atoms with Crippen molar-refractivity contribution >= 4 is 5.91 Å². The quantitative estimate of drug-likeness (QED) is 0.608. The van der Waals surface area contributed by atoms with E-state index in [2.05, 4.69) is 17.6 Å². The molecule has 0 saturated heterocycles. The van der Waals surface area contributed by atoms with Gasteiger partial charge in [-0.25, -0.2) is 0 Å². The Labute approximate surface area is 91.8 Å². The fourth-order valence-corrected chi connectivity index (χ4v) is 1.31. The first-order chi connectivity index (χ1) is 7.07. The van der Waals surface area contributed by atoms with Crippen molar-refractivity contribution < 1.29 is 9.53 Å². The number of hydrogen-bond acceptors (Lipinski definition) is 3. The standard InChI is InChI=1S/C11H22N2O2/c1-9(10(14)12-6-7-15-3)13-8-11(2)4-5-11/h9,13H,4-8H2,1-3H3,(H,12,14). The smallest absolute Gasteiger partial charge is 0.236 e. The van der Waals surface area contributed by atoms with Gasteiger partial charge in [0.2, 0.25) is 5.91 Å².